The minimum Gasteiger partial charge on any atom is -0.372 e. The molecule has 6 nitrogen and oxygen atoms in total. The van der Waals surface area contributed by atoms with Crippen molar-refractivity contribution in [2.75, 3.05) is 0 Å². The first-order valence-corrected chi connectivity index (χ1v) is 8.23. The number of carbonyl (C=O) groups excluding carboxylic acids is 1. The summed E-state index contributed by atoms with van der Waals surface area (Å²) in [6.45, 7) is 3.33. The molecule has 0 aliphatic carbocycles. The second-order valence-electron chi connectivity index (χ2n) is 6.24. The highest BCUT2D eigenvalue weighted by Crippen LogP contribution is 2.21. The first-order valence-electron chi connectivity index (χ1n) is 8.23. The number of fused-ring (bicyclic) bond motifs is 1. The van der Waals surface area contributed by atoms with Crippen LogP contribution in [-0.4, -0.2) is 26.0 Å². The second-order valence-corrected chi connectivity index (χ2v) is 6.24. The molecule has 126 valence electrons. The third-order valence-electron chi connectivity index (χ3n) is 4.43. The van der Waals surface area contributed by atoms with Crippen LogP contribution in [0.1, 0.15) is 38.4 Å². The summed E-state index contributed by atoms with van der Waals surface area (Å²) in [7, 11) is 0. The SMILES string of the molecule is Cc1ccccc1Cc1nnn(CC(=O)c2ccc3c(c2)COC3)n1. The molecular weight excluding hydrogens is 316 g/mol. The lowest BCUT2D eigenvalue weighted by atomic mass is 10.0. The van der Waals surface area contributed by atoms with Crippen LogP contribution in [0.4, 0.5) is 0 Å². The second kappa shape index (κ2) is 6.57. The number of ether oxygens (including phenoxy) is 1. The van der Waals surface area contributed by atoms with Crippen molar-refractivity contribution >= 4 is 5.78 Å². The first-order chi connectivity index (χ1) is 12.2. The summed E-state index contributed by atoms with van der Waals surface area (Å²) in [5, 5.41) is 12.4. The first kappa shape index (κ1) is 15.7. The number of Topliss-reactive ketones (excluding diaryl/α,β-unsaturated/α-hetero) is 1. The van der Waals surface area contributed by atoms with Gasteiger partial charge in [0.05, 0.1) is 13.2 Å². The number of nitrogens with zero attached hydrogens (tertiary/aromatic N) is 4. The van der Waals surface area contributed by atoms with Crippen LogP contribution in [-0.2, 0) is 30.9 Å². The van der Waals surface area contributed by atoms with Gasteiger partial charge in [-0.15, -0.1) is 10.2 Å². The van der Waals surface area contributed by atoms with Crippen molar-refractivity contribution in [2.45, 2.75) is 33.1 Å². The van der Waals surface area contributed by atoms with Crippen molar-refractivity contribution in [2.24, 2.45) is 0 Å². The zero-order valence-corrected chi connectivity index (χ0v) is 14.0. The van der Waals surface area contributed by atoms with Crippen LogP contribution in [0.3, 0.4) is 0 Å². The number of ketones is 1. The van der Waals surface area contributed by atoms with Gasteiger partial charge in [-0.1, -0.05) is 36.4 Å². The van der Waals surface area contributed by atoms with Crippen LogP contribution in [0.2, 0.25) is 0 Å². The molecular formula is C19H18N4O2. The Balaban J connectivity index is 1.46. The van der Waals surface area contributed by atoms with E-state index in [4.69, 9.17) is 4.74 Å². The third-order valence-corrected chi connectivity index (χ3v) is 4.43. The number of aromatic nitrogens is 4. The molecule has 2 aromatic carbocycles. The van der Waals surface area contributed by atoms with Crippen LogP contribution < -0.4 is 0 Å². The lowest BCUT2D eigenvalue weighted by molar-refractivity contribution is 0.0961. The lowest BCUT2D eigenvalue weighted by Crippen LogP contribution is -2.13. The summed E-state index contributed by atoms with van der Waals surface area (Å²) in [5.74, 6) is 0.582. The van der Waals surface area contributed by atoms with E-state index in [9.17, 15) is 4.79 Å². The van der Waals surface area contributed by atoms with Crippen LogP contribution in [0, 0.1) is 6.92 Å². The van der Waals surface area contributed by atoms with E-state index in [1.807, 2.05) is 36.4 Å². The summed E-state index contributed by atoms with van der Waals surface area (Å²) in [5.41, 5.74) is 5.23. The highest BCUT2D eigenvalue weighted by atomic mass is 16.5. The smallest absolute Gasteiger partial charge is 0.186 e. The van der Waals surface area contributed by atoms with Gasteiger partial charge in [0.25, 0.3) is 0 Å². The quantitative estimate of drug-likeness (QED) is 0.671. The molecule has 0 unspecified atom stereocenters. The summed E-state index contributed by atoms with van der Waals surface area (Å²) in [6, 6.07) is 13.8. The van der Waals surface area contributed by atoms with E-state index < -0.39 is 0 Å². The van der Waals surface area contributed by atoms with Gasteiger partial charge in [0, 0.05) is 12.0 Å². The number of aryl methyl sites for hydroxylation is 1. The normalized spacial score (nSPS) is 13.0. The lowest BCUT2D eigenvalue weighted by Gasteiger charge is -2.03. The zero-order valence-electron chi connectivity index (χ0n) is 14.0. The monoisotopic (exact) mass is 334 g/mol. The fourth-order valence-electron chi connectivity index (χ4n) is 2.96. The Morgan fingerprint density at radius 1 is 1.16 bits per heavy atom. The molecule has 3 aromatic rings. The minimum atomic E-state index is -0.0328. The summed E-state index contributed by atoms with van der Waals surface area (Å²) in [4.78, 5) is 13.8. The van der Waals surface area contributed by atoms with Crippen LogP contribution in [0.25, 0.3) is 0 Å². The van der Waals surface area contributed by atoms with Gasteiger partial charge in [0.2, 0.25) is 0 Å². The number of hydrogen-bond acceptors (Lipinski definition) is 5. The zero-order chi connectivity index (χ0) is 17.2. The highest BCUT2D eigenvalue weighted by Gasteiger charge is 2.16. The van der Waals surface area contributed by atoms with Crippen molar-refractivity contribution in [3.05, 3.63) is 76.1 Å². The molecule has 0 saturated heterocycles. The number of hydrogen-bond donors (Lipinski definition) is 0. The summed E-state index contributed by atoms with van der Waals surface area (Å²) < 4.78 is 5.39. The van der Waals surface area contributed by atoms with Crippen molar-refractivity contribution in [1.82, 2.24) is 20.2 Å². The summed E-state index contributed by atoms with van der Waals surface area (Å²) in [6.07, 6.45) is 0.608. The molecule has 0 amide bonds. The maximum atomic E-state index is 12.5. The molecule has 4 rings (SSSR count). The molecule has 0 bridgehead atoms. The van der Waals surface area contributed by atoms with E-state index in [0.29, 0.717) is 31.0 Å². The number of benzene rings is 2. The maximum Gasteiger partial charge on any atom is 0.186 e. The molecule has 1 aromatic heterocycles. The third kappa shape index (κ3) is 3.34. The van der Waals surface area contributed by atoms with Gasteiger partial charge in [-0.3, -0.25) is 4.79 Å². The Kier molecular flexibility index (Phi) is 4.11. The van der Waals surface area contributed by atoms with Crippen LogP contribution >= 0.6 is 0 Å². The van der Waals surface area contributed by atoms with Gasteiger partial charge in [0.1, 0.15) is 6.54 Å². The molecule has 6 heteroatoms. The van der Waals surface area contributed by atoms with Crippen molar-refractivity contribution in [3.8, 4) is 0 Å². The van der Waals surface area contributed by atoms with E-state index in [2.05, 4.69) is 28.4 Å². The molecule has 0 atom stereocenters. The van der Waals surface area contributed by atoms with Crippen molar-refractivity contribution < 1.29 is 9.53 Å². The average Bonchev–Trinajstić information content (AvgIpc) is 3.25. The average molecular weight is 334 g/mol. The Morgan fingerprint density at radius 2 is 2.00 bits per heavy atom. The van der Waals surface area contributed by atoms with Crippen LogP contribution in [0.15, 0.2) is 42.5 Å². The fraction of sp³-hybridized carbons (Fsp3) is 0.263. The summed E-state index contributed by atoms with van der Waals surface area (Å²) >= 11 is 0. The number of tetrazole rings is 1. The van der Waals surface area contributed by atoms with Gasteiger partial charge >= 0.3 is 0 Å². The van der Waals surface area contributed by atoms with Gasteiger partial charge in [0.15, 0.2) is 11.6 Å². The predicted octanol–water partition coefficient (Wildman–Crippen LogP) is 2.49. The van der Waals surface area contributed by atoms with E-state index in [0.717, 1.165) is 16.7 Å². The Hall–Kier alpha value is -2.86. The number of rotatable bonds is 5. The molecule has 0 spiro atoms. The number of carbonyl (C=O) groups is 1. The molecule has 0 fully saturated rings. The largest absolute Gasteiger partial charge is 0.372 e. The molecule has 1 aliphatic heterocycles. The Morgan fingerprint density at radius 3 is 2.88 bits per heavy atom. The van der Waals surface area contributed by atoms with Gasteiger partial charge in [-0.2, -0.15) is 4.80 Å². The van der Waals surface area contributed by atoms with E-state index >= 15 is 0 Å². The molecule has 0 saturated carbocycles. The Bertz CT molecular complexity index is 933. The van der Waals surface area contributed by atoms with Gasteiger partial charge in [-0.05, 0) is 40.5 Å². The Labute approximate surface area is 145 Å². The molecule has 0 radical (unpaired) electrons. The standard InChI is InChI=1S/C19H18N4O2/c1-13-4-2-3-5-14(13)9-19-20-22-23(21-19)10-18(24)15-6-7-16-11-25-12-17(16)8-15/h2-8H,9-12H2,1H3. The highest BCUT2D eigenvalue weighted by molar-refractivity contribution is 5.96. The van der Waals surface area contributed by atoms with Gasteiger partial charge < -0.3 is 4.74 Å². The van der Waals surface area contributed by atoms with E-state index in [1.165, 1.54) is 10.4 Å². The van der Waals surface area contributed by atoms with E-state index in [1.54, 1.807) is 0 Å². The molecule has 1 aliphatic rings. The molecule has 0 N–H and O–H groups in total. The van der Waals surface area contributed by atoms with Gasteiger partial charge in [-0.25, -0.2) is 0 Å². The van der Waals surface area contributed by atoms with Crippen LogP contribution in [0.5, 0.6) is 0 Å². The molecule has 2 heterocycles. The maximum absolute atomic E-state index is 12.5. The van der Waals surface area contributed by atoms with E-state index in [-0.39, 0.29) is 12.3 Å². The fourth-order valence-corrected chi connectivity index (χ4v) is 2.96. The van der Waals surface area contributed by atoms with Crippen molar-refractivity contribution in [3.63, 3.8) is 0 Å². The van der Waals surface area contributed by atoms with Crippen molar-refractivity contribution in [1.29, 1.82) is 0 Å². The topological polar surface area (TPSA) is 69.9 Å². The minimum absolute atomic E-state index is 0.0328. The predicted molar refractivity (Wildman–Crippen MR) is 91.1 cm³/mol. The molecule has 25 heavy (non-hydrogen) atoms.